The number of aliphatic hydroxyl groups is 3. The van der Waals surface area contributed by atoms with E-state index in [4.69, 9.17) is 0 Å². The fourth-order valence-electron chi connectivity index (χ4n) is 4.07. The Bertz CT molecular complexity index is 573. The zero-order valence-corrected chi connectivity index (χ0v) is 23.4. The van der Waals surface area contributed by atoms with Crippen LogP contribution < -0.4 is 5.32 Å². The fraction of sp³-hybridized carbons (Fsp3) is 0.774. The van der Waals surface area contributed by atoms with Gasteiger partial charge in [0.15, 0.2) is 0 Å². The van der Waals surface area contributed by atoms with E-state index in [1.807, 2.05) is 6.08 Å². The van der Waals surface area contributed by atoms with Crippen molar-refractivity contribution in [1.82, 2.24) is 5.32 Å². The summed E-state index contributed by atoms with van der Waals surface area (Å²) in [6.07, 6.45) is 29.8. The lowest BCUT2D eigenvalue weighted by atomic mass is 10.0. The van der Waals surface area contributed by atoms with E-state index in [-0.39, 0.29) is 18.9 Å². The first-order valence-electron chi connectivity index (χ1n) is 14.8. The number of carbonyl (C=O) groups excluding carboxylic acids is 1. The van der Waals surface area contributed by atoms with E-state index in [0.717, 1.165) is 38.5 Å². The molecule has 36 heavy (non-hydrogen) atoms. The third-order valence-corrected chi connectivity index (χ3v) is 6.41. The first-order valence-corrected chi connectivity index (χ1v) is 14.8. The number of aliphatic hydroxyl groups excluding tert-OH is 3. The molecule has 0 radical (unpaired) electrons. The molecule has 0 fully saturated rings. The smallest absolute Gasteiger partial charge is 0.222 e. The summed E-state index contributed by atoms with van der Waals surface area (Å²) in [5, 5.41) is 32.6. The van der Waals surface area contributed by atoms with Gasteiger partial charge in [0.05, 0.1) is 31.3 Å². The summed E-state index contributed by atoms with van der Waals surface area (Å²) >= 11 is 0. The SMILES string of the molecule is CCCCCC/C=C/CC/C=C/CC/C=C/C(O)C(CO)NC(=O)CC(O)CCCCCCCCC. The van der Waals surface area contributed by atoms with Crippen molar-refractivity contribution in [2.75, 3.05) is 6.61 Å². The van der Waals surface area contributed by atoms with Crippen LogP contribution in [0, 0.1) is 0 Å². The molecule has 0 bridgehead atoms. The van der Waals surface area contributed by atoms with Crippen LogP contribution in [0.25, 0.3) is 0 Å². The summed E-state index contributed by atoms with van der Waals surface area (Å²) in [5.74, 6) is -0.338. The summed E-state index contributed by atoms with van der Waals surface area (Å²) in [4.78, 5) is 12.2. The van der Waals surface area contributed by atoms with Crippen LogP contribution in [0.5, 0.6) is 0 Å². The van der Waals surface area contributed by atoms with Gasteiger partial charge < -0.3 is 20.6 Å². The van der Waals surface area contributed by atoms with Crippen LogP contribution in [-0.4, -0.2) is 46.1 Å². The number of allylic oxidation sites excluding steroid dienone is 5. The molecular formula is C31H57NO4. The first-order chi connectivity index (χ1) is 17.5. The number of amides is 1. The fourth-order valence-corrected chi connectivity index (χ4v) is 4.07. The third kappa shape index (κ3) is 23.0. The monoisotopic (exact) mass is 507 g/mol. The molecule has 0 rings (SSSR count). The van der Waals surface area contributed by atoms with Crippen LogP contribution in [0.2, 0.25) is 0 Å². The van der Waals surface area contributed by atoms with E-state index < -0.39 is 18.2 Å². The zero-order chi connectivity index (χ0) is 26.7. The van der Waals surface area contributed by atoms with Gasteiger partial charge in [0.1, 0.15) is 0 Å². The molecule has 0 aromatic heterocycles. The summed E-state index contributed by atoms with van der Waals surface area (Å²) in [6.45, 7) is 4.09. The van der Waals surface area contributed by atoms with Gasteiger partial charge in [-0.05, 0) is 44.9 Å². The van der Waals surface area contributed by atoms with E-state index in [9.17, 15) is 20.1 Å². The molecule has 0 aliphatic carbocycles. The van der Waals surface area contributed by atoms with E-state index in [1.165, 1.54) is 64.2 Å². The van der Waals surface area contributed by atoms with Crippen molar-refractivity contribution in [2.24, 2.45) is 0 Å². The molecule has 5 nitrogen and oxygen atoms in total. The predicted octanol–water partition coefficient (Wildman–Crippen LogP) is 6.92. The Morgan fingerprint density at radius 3 is 1.78 bits per heavy atom. The van der Waals surface area contributed by atoms with Gasteiger partial charge in [-0.2, -0.15) is 0 Å². The summed E-state index contributed by atoms with van der Waals surface area (Å²) in [6, 6.07) is -0.760. The quantitative estimate of drug-likeness (QED) is 0.0798. The number of unbranched alkanes of at least 4 members (excludes halogenated alkanes) is 12. The van der Waals surface area contributed by atoms with Crippen LogP contribution >= 0.6 is 0 Å². The van der Waals surface area contributed by atoms with Gasteiger partial charge in [0, 0.05) is 0 Å². The molecule has 0 aliphatic rings. The van der Waals surface area contributed by atoms with Crippen LogP contribution in [0.1, 0.15) is 129 Å². The summed E-state index contributed by atoms with van der Waals surface area (Å²) < 4.78 is 0. The lowest BCUT2D eigenvalue weighted by Crippen LogP contribution is -2.45. The van der Waals surface area contributed by atoms with Crippen molar-refractivity contribution in [3.63, 3.8) is 0 Å². The molecule has 1 amide bonds. The average Bonchev–Trinajstić information content (AvgIpc) is 2.86. The van der Waals surface area contributed by atoms with Gasteiger partial charge in [0.2, 0.25) is 5.91 Å². The highest BCUT2D eigenvalue weighted by Gasteiger charge is 2.19. The number of carbonyl (C=O) groups is 1. The lowest BCUT2D eigenvalue weighted by molar-refractivity contribution is -0.124. The number of hydrogen-bond donors (Lipinski definition) is 4. The highest BCUT2D eigenvalue weighted by atomic mass is 16.3. The van der Waals surface area contributed by atoms with E-state index in [1.54, 1.807) is 6.08 Å². The first kappa shape index (κ1) is 34.6. The second-order valence-corrected chi connectivity index (χ2v) is 9.99. The van der Waals surface area contributed by atoms with Gasteiger partial charge in [-0.3, -0.25) is 4.79 Å². The molecule has 0 heterocycles. The largest absolute Gasteiger partial charge is 0.394 e. The zero-order valence-electron chi connectivity index (χ0n) is 23.4. The van der Waals surface area contributed by atoms with E-state index in [2.05, 4.69) is 43.5 Å². The Labute approximate surface area is 222 Å². The van der Waals surface area contributed by atoms with Crippen molar-refractivity contribution < 1.29 is 20.1 Å². The Morgan fingerprint density at radius 2 is 1.19 bits per heavy atom. The van der Waals surface area contributed by atoms with Gasteiger partial charge >= 0.3 is 0 Å². The van der Waals surface area contributed by atoms with Crippen LogP contribution in [0.3, 0.4) is 0 Å². The van der Waals surface area contributed by atoms with E-state index in [0.29, 0.717) is 6.42 Å². The molecule has 3 atom stereocenters. The molecule has 3 unspecified atom stereocenters. The van der Waals surface area contributed by atoms with Gasteiger partial charge in [-0.15, -0.1) is 0 Å². The van der Waals surface area contributed by atoms with Crippen LogP contribution in [0.4, 0.5) is 0 Å². The number of nitrogens with one attached hydrogen (secondary N) is 1. The second-order valence-electron chi connectivity index (χ2n) is 9.99. The normalized spacial score (nSPS) is 14.7. The van der Waals surface area contributed by atoms with Crippen molar-refractivity contribution in [1.29, 1.82) is 0 Å². The van der Waals surface area contributed by atoms with Crippen molar-refractivity contribution >= 4 is 5.91 Å². The van der Waals surface area contributed by atoms with Crippen molar-refractivity contribution in [2.45, 2.75) is 148 Å². The second kappa shape index (κ2) is 26.6. The maximum absolute atomic E-state index is 12.2. The molecule has 0 aromatic carbocycles. The molecule has 0 spiro atoms. The highest BCUT2D eigenvalue weighted by Crippen LogP contribution is 2.11. The highest BCUT2D eigenvalue weighted by molar-refractivity contribution is 5.76. The minimum Gasteiger partial charge on any atom is -0.394 e. The summed E-state index contributed by atoms with van der Waals surface area (Å²) in [5.41, 5.74) is 0. The Hall–Kier alpha value is -1.43. The third-order valence-electron chi connectivity index (χ3n) is 6.41. The van der Waals surface area contributed by atoms with Crippen LogP contribution in [0.15, 0.2) is 36.5 Å². The van der Waals surface area contributed by atoms with Gasteiger partial charge in [0.25, 0.3) is 0 Å². The van der Waals surface area contributed by atoms with Crippen molar-refractivity contribution in [3.8, 4) is 0 Å². The molecule has 0 saturated heterocycles. The Morgan fingerprint density at radius 1 is 0.694 bits per heavy atom. The molecule has 5 heteroatoms. The minimum atomic E-state index is -0.953. The Balaban J connectivity index is 3.94. The molecule has 0 aliphatic heterocycles. The molecule has 210 valence electrons. The standard InChI is InChI=1S/C31H57NO4/c1-3-5-7-9-11-12-13-14-15-16-17-19-21-23-25-30(35)29(27-33)32-31(36)26-28(34)24-22-20-18-10-8-6-4-2/h12-13,16-17,23,25,28-30,33-35H,3-11,14-15,18-22,24,26-27H2,1-2H3,(H,32,36)/b13-12+,17-16+,25-23+. The van der Waals surface area contributed by atoms with E-state index >= 15 is 0 Å². The maximum atomic E-state index is 12.2. The topological polar surface area (TPSA) is 89.8 Å². The average molecular weight is 508 g/mol. The molecule has 0 saturated carbocycles. The molecule has 4 N–H and O–H groups in total. The minimum absolute atomic E-state index is 0.00160. The molecule has 0 aromatic rings. The molecular weight excluding hydrogens is 450 g/mol. The Kier molecular flexibility index (Phi) is 25.6. The predicted molar refractivity (Wildman–Crippen MR) is 153 cm³/mol. The number of hydrogen-bond acceptors (Lipinski definition) is 4. The lowest BCUT2D eigenvalue weighted by Gasteiger charge is -2.20. The maximum Gasteiger partial charge on any atom is 0.222 e. The summed E-state index contributed by atoms with van der Waals surface area (Å²) in [7, 11) is 0. The van der Waals surface area contributed by atoms with Crippen molar-refractivity contribution in [3.05, 3.63) is 36.5 Å². The van der Waals surface area contributed by atoms with Gasteiger partial charge in [-0.25, -0.2) is 0 Å². The van der Waals surface area contributed by atoms with Crippen LogP contribution in [-0.2, 0) is 4.79 Å². The van der Waals surface area contributed by atoms with Gasteiger partial charge in [-0.1, -0.05) is 115 Å². The number of rotatable bonds is 25.